The second-order valence-electron chi connectivity index (χ2n) is 5.75. The van der Waals surface area contributed by atoms with Crippen LogP contribution in [0.4, 0.5) is 10.2 Å². The number of anilines is 1. The van der Waals surface area contributed by atoms with Gasteiger partial charge in [-0.15, -0.1) is 0 Å². The largest absolute Gasteiger partial charge is 0.349 e. The Hall–Kier alpha value is -1.69. The first kappa shape index (κ1) is 14.7. The standard InChI is InChI=1S/C14H21FN4O/c1-8-5-9(2)7-10(6-8)18-14(20)11-3-4-17-13(19-16)12(11)15/h3-4,8-10H,5-7,16H2,1-2H3,(H,17,19)(H,18,20). The summed E-state index contributed by atoms with van der Waals surface area (Å²) in [4.78, 5) is 15.9. The fraction of sp³-hybridized carbons (Fsp3) is 0.571. The van der Waals surface area contributed by atoms with E-state index in [1.54, 1.807) is 0 Å². The molecule has 2 unspecified atom stereocenters. The summed E-state index contributed by atoms with van der Waals surface area (Å²) in [7, 11) is 0. The normalized spacial score (nSPS) is 26.1. The average Bonchev–Trinajstić information content (AvgIpc) is 2.37. The second kappa shape index (κ2) is 6.17. The summed E-state index contributed by atoms with van der Waals surface area (Å²) in [6.07, 6.45) is 4.41. The summed E-state index contributed by atoms with van der Waals surface area (Å²) in [5.74, 6) is 5.06. The van der Waals surface area contributed by atoms with Crippen molar-refractivity contribution in [2.24, 2.45) is 17.7 Å². The van der Waals surface area contributed by atoms with Gasteiger partial charge in [-0.1, -0.05) is 13.8 Å². The molecule has 6 heteroatoms. The summed E-state index contributed by atoms with van der Waals surface area (Å²) < 4.78 is 14.0. The third-order valence-corrected chi connectivity index (χ3v) is 3.78. The molecule has 2 rings (SSSR count). The van der Waals surface area contributed by atoms with Gasteiger partial charge in [0, 0.05) is 12.2 Å². The number of nitrogens with zero attached hydrogens (tertiary/aromatic N) is 1. The Balaban J connectivity index is 2.08. The zero-order valence-corrected chi connectivity index (χ0v) is 11.8. The van der Waals surface area contributed by atoms with Crippen molar-refractivity contribution in [3.05, 3.63) is 23.6 Å². The lowest BCUT2D eigenvalue weighted by atomic mass is 9.80. The lowest BCUT2D eigenvalue weighted by Crippen LogP contribution is -2.40. The minimum Gasteiger partial charge on any atom is -0.349 e. The van der Waals surface area contributed by atoms with E-state index in [0.29, 0.717) is 11.8 Å². The van der Waals surface area contributed by atoms with Crippen LogP contribution in [0.5, 0.6) is 0 Å². The van der Waals surface area contributed by atoms with Gasteiger partial charge in [-0.25, -0.2) is 15.2 Å². The maximum atomic E-state index is 14.0. The molecule has 1 aliphatic carbocycles. The number of hydrogen-bond acceptors (Lipinski definition) is 4. The van der Waals surface area contributed by atoms with E-state index in [1.165, 1.54) is 18.7 Å². The highest BCUT2D eigenvalue weighted by Crippen LogP contribution is 2.28. The Bertz CT molecular complexity index is 484. The fourth-order valence-corrected chi connectivity index (χ4v) is 3.05. The van der Waals surface area contributed by atoms with Crippen molar-refractivity contribution in [2.75, 3.05) is 5.43 Å². The Kier molecular flexibility index (Phi) is 4.54. The van der Waals surface area contributed by atoms with Gasteiger partial charge in [-0.3, -0.25) is 4.79 Å². The Morgan fingerprint density at radius 2 is 2.00 bits per heavy atom. The number of amides is 1. The molecule has 110 valence electrons. The minimum absolute atomic E-state index is 0.0289. The molecule has 0 bridgehead atoms. The van der Waals surface area contributed by atoms with Crippen molar-refractivity contribution in [3.63, 3.8) is 0 Å². The van der Waals surface area contributed by atoms with Gasteiger partial charge in [0.15, 0.2) is 11.6 Å². The second-order valence-corrected chi connectivity index (χ2v) is 5.75. The number of nitrogen functional groups attached to an aromatic ring is 1. The summed E-state index contributed by atoms with van der Waals surface area (Å²) in [6.45, 7) is 4.36. The molecular weight excluding hydrogens is 259 g/mol. The molecule has 4 N–H and O–H groups in total. The molecule has 1 aromatic rings. The van der Waals surface area contributed by atoms with E-state index >= 15 is 0 Å². The van der Waals surface area contributed by atoms with Crippen molar-refractivity contribution in [2.45, 2.75) is 39.2 Å². The number of pyridine rings is 1. The Labute approximate surface area is 118 Å². The van der Waals surface area contributed by atoms with Gasteiger partial charge < -0.3 is 10.7 Å². The topological polar surface area (TPSA) is 80.0 Å². The molecule has 0 spiro atoms. The summed E-state index contributed by atoms with van der Waals surface area (Å²) in [5.41, 5.74) is 2.11. The van der Waals surface area contributed by atoms with Crippen molar-refractivity contribution in [1.29, 1.82) is 0 Å². The zero-order chi connectivity index (χ0) is 14.7. The van der Waals surface area contributed by atoms with Gasteiger partial charge in [-0.05, 0) is 37.2 Å². The highest BCUT2D eigenvalue weighted by Gasteiger charge is 2.26. The summed E-state index contributed by atoms with van der Waals surface area (Å²) in [5, 5.41) is 2.91. The van der Waals surface area contributed by atoms with E-state index in [2.05, 4.69) is 29.6 Å². The molecule has 1 amide bonds. The van der Waals surface area contributed by atoms with Gasteiger partial charge in [-0.2, -0.15) is 0 Å². The molecule has 1 heterocycles. The monoisotopic (exact) mass is 280 g/mol. The van der Waals surface area contributed by atoms with Crippen molar-refractivity contribution in [1.82, 2.24) is 10.3 Å². The summed E-state index contributed by atoms with van der Waals surface area (Å²) >= 11 is 0. The molecule has 2 atom stereocenters. The first-order chi connectivity index (χ1) is 9.51. The lowest BCUT2D eigenvalue weighted by molar-refractivity contribution is 0.0907. The maximum Gasteiger partial charge on any atom is 0.254 e. The van der Waals surface area contributed by atoms with Crippen LogP contribution in [0, 0.1) is 17.7 Å². The molecule has 1 fully saturated rings. The number of aromatic nitrogens is 1. The van der Waals surface area contributed by atoms with Crippen LogP contribution in [-0.4, -0.2) is 16.9 Å². The maximum absolute atomic E-state index is 14.0. The zero-order valence-electron chi connectivity index (χ0n) is 11.8. The first-order valence-electron chi connectivity index (χ1n) is 6.93. The third kappa shape index (κ3) is 3.25. The van der Waals surface area contributed by atoms with E-state index < -0.39 is 11.7 Å². The molecule has 1 saturated carbocycles. The third-order valence-electron chi connectivity index (χ3n) is 3.78. The number of nitrogens with two attached hydrogens (primary N) is 1. The molecule has 0 aliphatic heterocycles. The minimum atomic E-state index is -0.718. The predicted molar refractivity (Wildman–Crippen MR) is 75.4 cm³/mol. The van der Waals surface area contributed by atoms with Crippen molar-refractivity contribution in [3.8, 4) is 0 Å². The van der Waals surface area contributed by atoms with Crippen LogP contribution in [0.1, 0.15) is 43.5 Å². The van der Waals surface area contributed by atoms with E-state index in [9.17, 15) is 9.18 Å². The van der Waals surface area contributed by atoms with Gasteiger partial charge in [0.2, 0.25) is 0 Å². The van der Waals surface area contributed by atoms with Gasteiger partial charge in [0.05, 0.1) is 5.56 Å². The average molecular weight is 280 g/mol. The molecule has 1 aromatic heterocycles. The number of hydrogen-bond donors (Lipinski definition) is 3. The van der Waals surface area contributed by atoms with E-state index in [4.69, 9.17) is 5.84 Å². The van der Waals surface area contributed by atoms with Crippen LogP contribution in [-0.2, 0) is 0 Å². The smallest absolute Gasteiger partial charge is 0.254 e. The predicted octanol–water partition coefficient (Wildman–Crippen LogP) is 2.06. The van der Waals surface area contributed by atoms with E-state index in [0.717, 1.165) is 12.8 Å². The quantitative estimate of drug-likeness (QED) is 0.585. The number of carbonyl (C=O) groups excluding carboxylic acids is 1. The number of rotatable bonds is 3. The fourth-order valence-electron chi connectivity index (χ4n) is 3.05. The Morgan fingerprint density at radius 3 is 2.60 bits per heavy atom. The van der Waals surface area contributed by atoms with Gasteiger partial charge in [0.25, 0.3) is 5.91 Å². The van der Waals surface area contributed by atoms with Crippen LogP contribution >= 0.6 is 0 Å². The van der Waals surface area contributed by atoms with Gasteiger partial charge >= 0.3 is 0 Å². The van der Waals surface area contributed by atoms with Gasteiger partial charge in [0.1, 0.15) is 0 Å². The number of halogens is 1. The van der Waals surface area contributed by atoms with Crippen LogP contribution in [0.15, 0.2) is 12.3 Å². The van der Waals surface area contributed by atoms with E-state index in [1.807, 2.05) is 0 Å². The molecule has 0 radical (unpaired) electrons. The molecule has 1 aliphatic rings. The number of carbonyl (C=O) groups is 1. The highest BCUT2D eigenvalue weighted by atomic mass is 19.1. The van der Waals surface area contributed by atoms with E-state index in [-0.39, 0.29) is 17.4 Å². The molecule has 0 saturated heterocycles. The van der Waals surface area contributed by atoms with Crippen molar-refractivity contribution >= 4 is 11.7 Å². The van der Waals surface area contributed by atoms with Crippen molar-refractivity contribution < 1.29 is 9.18 Å². The van der Waals surface area contributed by atoms with Crippen LogP contribution in [0.2, 0.25) is 0 Å². The molecular formula is C14H21FN4O. The van der Waals surface area contributed by atoms with Crippen LogP contribution in [0.3, 0.4) is 0 Å². The lowest BCUT2D eigenvalue weighted by Gasteiger charge is -2.32. The molecule has 0 aromatic carbocycles. The van der Waals surface area contributed by atoms with Crippen LogP contribution < -0.4 is 16.6 Å². The molecule has 5 nitrogen and oxygen atoms in total. The Morgan fingerprint density at radius 1 is 1.35 bits per heavy atom. The SMILES string of the molecule is CC1CC(C)CC(NC(=O)c2ccnc(NN)c2F)C1. The number of hydrazine groups is 1. The van der Waals surface area contributed by atoms with Crippen LogP contribution in [0.25, 0.3) is 0 Å². The molecule has 20 heavy (non-hydrogen) atoms. The highest BCUT2D eigenvalue weighted by molar-refractivity contribution is 5.95. The summed E-state index contributed by atoms with van der Waals surface area (Å²) in [6, 6.07) is 1.46. The first-order valence-corrected chi connectivity index (χ1v) is 6.93. The number of nitrogens with one attached hydrogen (secondary N) is 2.